The van der Waals surface area contributed by atoms with Gasteiger partial charge in [-0.2, -0.15) is 4.31 Å². The molecule has 222 valence electrons. The Morgan fingerprint density at radius 1 is 0.929 bits per heavy atom. The van der Waals surface area contributed by atoms with Gasteiger partial charge in [0.2, 0.25) is 15.9 Å². The molecule has 1 atom stereocenters. The molecule has 42 heavy (non-hydrogen) atoms. The molecule has 3 aromatic rings. The van der Waals surface area contributed by atoms with Gasteiger partial charge in [-0.15, -0.1) is 0 Å². The minimum Gasteiger partial charge on any atom is -0.379 e. The molecule has 1 aliphatic carbocycles. The molecule has 1 saturated heterocycles. The molecule has 0 radical (unpaired) electrons. The van der Waals surface area contributed by atoms with E-state index in [1.54, 1.807) is 17.0 Å². The number of carbonyl (C=O) groups excluding carboxylic acids is 2. The lowest BCUT2D eigenvalue weighted by atomic mass is 10.00. The molecule has 0 spiro atoms. The van der Waals surface area contributed by atoms with E-state index in [2.05, 4.69) is 5.32 Å². The van der Waals surface area contributed by atoms with Crippen molar-refractivity contribution in [1.29, 1.82) is 0 Å². The van der Waals surface area contributed by atoms with Crippen molar-refractivity contribution in [3.8, 4) is 0 Å². The minimum absolute atomic E-state index is 0.0983. The van der Waals surface area contributed by atoms with E-state index in [1.807, 2.05) is 61.5 Å². The molecule has 2 fully saturated rings. The van der Waals surface area contributed by atoms with E-state index >= 15 is 0 Å². The Hall–Kier alpha value is -3.53. The molecule has 8 nitrogen and oxygen atoms in total. The summed E-state index contributed by atoms with van der Waals surface area (Å²) in [5, 5.41) is 3.21. The number of nitrogens with one attached hydrogen (secondary N) is 1. The lowest BCUT2D eigenvalue weighted by molar-refractivity contribution is -0.126. The Morgan fingerprint density at radius 2 is 1.57 bits per heavy atom. The molecule has 1 N–H and O–H groups in total. The SMILES string of the molecule is Cc1ccc([C@@H](C(=O)NC2CCCC2)N(CCc2ccccc2)C(=O)c2ccc(S(=O)(=O)N3CCOCC3)cc2)cc1. The maximum Gasteiger partial charge on any atom is 0.254 e. The molecule has 1 aliphatic heterocycles. The number of carbonyl (C=O) groups is 2. The van der Waals surface area contributed by atoms with Gasteiger partial charge in [0.25, 0.3) is 5.91 Å². The van der Waals surface area contributed by atoms with Crippen LogP contribution in [-0.2, 0) is 26.0 Å². The number of ether oxygens (including phenoxy) is 1. The lowest BCUT2D eigenvalue weighted by Crippen LogP contribution is -2.46. The Balaban J connectivity index is 1.47. The van der Waals surface area contributed by atoms with E-state index in [0.717, 1.165) is 42.4 Å². The molecule has 0 aromatic heterocycles. The maximum absolute atomic E-state index is 14.2. The van der Waals surface area contributed by atoms with Gasteiger partial charge < -0.3 is 15.0 Å². The van der Waals surface area contributed by atoms with E-state index in [9.17, 15) is 18.0 Å². The molecule has 2 amide bonds. The molecule has 2 aliphatic rings. The predicted molar refractivity (Wildman–Crippen MR) is 162 cm³/mol. The van der Waals surface area contributed by atoms with Crippen molar-refractivity contribution < 1.29 is 22.7 Å². The summed E-state index contributed by atoms with van der Waals surface area (Å²) < 4.78 is 33.0. The predicted octanol–water partition coefficient (Wildman–Crippen LogP) is 4.50. The van der Waals surface area contributed by atoms with Crippen LogP contribution in [-0.4, -0.2) is 68.3 Å². The topological polar surface area (TPSA) is 96.0 Å². The number of amides is 2. The summed E-state index contributed by atoms with van der Waals surface area (Å²) in [5.74, 6) is -0.521. The van der Waals surface area contributed by atoms with E-state index < -0.39 is 16.1 Å². The average molecular weight is 590 g/mol. The molecule has 1 saturated carbocycles. The van der Waals surface area contributed by atoms with Crippen LogP contribution < -0.4 is 5.32 Å². The van der Waals surface area contributed by atoms with Gasteiger partial charge in [0.15, 0.2) is 0 Å². The van der Waals surface area contributed by atoms with Crippen molar-refractivity contribution in [2.24, 2.45) is 0 Å². The van der Waals surface area contributed by atoms with Gasteiger partial charge in [0.1, 0.15) is 6.04 Å². The summed E-state index contributed by atoms with van der Waals surface area (Å²) in [6, 6.07) is 22.9. The molecule has 9 heteroatoms. The fraction of sp³-hybridized carbons (Fsp3) is 0.394. The first-order chi connectivity index (χ1) is 20.3. The maximum atomic E-state index is 14.2. The number of hydrogen-bond acceptors (Lipinski definition) is 5. The zero-order valence-corrected chi connectivity index (χ0v) is 24.9. The van der Waals surface area contributed by atoms with Crippen LogP contribution in [0.3, 0.4) is 0 Å². The van der Waals surface area contributed by atoms with Crippen molar-refractivity contribution in [3.05, 3.63) is 101 Å². The molecule has 3 aromatic carbocycles. The zero-order valence-electron chi connectivity index (χ0n) is 24.1. The molecule has 0 unspecified atom stereocenters. The van der Waals surface area contributed by atoms with E-state index in [0.29, 0.717) is 44.8 Å². The van der Waals surface area contributed by atoms with Crippen LogP contribution >= 0.6 is 0 Å². The average Bonchev–Trinajstić information content (AvgIpc) is 3.53. The van der Waals surface area contributed by atoms with E-state index in [1.165, 1.54) is 16.4 Å². The molecular formula is C33H39N3O5S. The van der Waals surface area contributed by atoms with Crippen molar-refractivity contribution >= 4 is 21.8 Å². The zero-order chi connectivity index (χ0) is 29.5. The Morgan fingerprint density at radius 3 is 2.21 bits per heavy atom. The number of benzene rings is 3. The monoisotopic (exact) mass is 589 g/mol. The minimum atomic E-state index is -3.70. The van der Waals surface area contributed by atoms with Crippen molar-refractivity contribution in [2.45, 2.75) is 56.0 Å². The summed E-state index contributed by atoms with van der Waals surface area (Å²) >= 11 is 0. The third kappa shape index (κ3) is 7.09. The lowest BCUT2D eigenvalue weighted by Gasteiger charge is -2.32. The van der Waals surface area contributed by atoms with Gasteiger partial charge in [0, 0.05) is 31.2 Å². The first-order valence-electron chi connectivity index (χ1n) is 14.7. The van der Waals surface area contributed by atoms with Crippen LogP contribution in [0.1, 0.15) is 58.8 Å². The van der Waals surface area contributed by atoms with Crippen LogP contribution in [0.15, 0.2) is 83.8 Å². The third-order valence-electron chi connectivity index (χ3n) is 8.11. The number of aryl methyl sites for hydroxylation is 1. The molecule has 5 rings (SSSR count). The Labute approximate surface area is 248 Å². The largest absolute Gasteiger partial charge is 0.379 e. The van der Waals surface area contributed by atoms with Gasteiger partial charge in [-0.25, -0.2) is 8.42 Å². The Bertz CT molecular complexity index is 1450. The highest BCUT2D eigenvalue weighted by Crippen LogP contribution is 2.27. The number of rotatable bonds is 10. The first-order valence-corrected chi connectivity index (χ1v) is 16.2. The highest BCUT2D eigenvalue weighted by molar-refractivity contribution is 7.89. The van der Waals surface area contributed by atoms with Crippen molar-refractivity contribution in [2.75, 3.05) is 32.8 Å². The van der Waals surface area contributed by atoms with Gasteiger partial charge in [-0.1, -0.05) is 73.0 Å². The fourth-order valence-electron chi connectivity index (χ4n) is 5.69. The smallest absolute Gasteiger partial charge is 0.254 e. The van der Waals surface area contributed by atoms with Crippen LogP contribution in [0.5, 0.6) is 0 Å². The normalized spacial score (nSPS) is 17.1. The summed E-state index contributed by atoms with van der Waals surface area (Å²) in [7, 11) is -3.70. The second-order valence-corrected chi connectivity index (χ2v) is 13.0. The summed E-state index contributed by atoms with van der Waals surface area (Å²) in [5.41, 5.74) is 3.19. The number of morpholine rings is 1. The van der Waals surface area contributed by atoms with Crippen LogP contribution in [0.4, 0.5) is 0 Å². The summed E-state index contributed by atoms with van der Waals surface area (Å²) in [6.45, 7) is 3.61. The van der Waals surface area contributed by atoms with E-state index in [4.69, 9.17) is 4.74 Å². The van der Waals surface area contributed by atoms with Crippen molar-refractivity contribution in [1.82, 2.24) is 14.5 Å². The quantitative estimate of drug-likeness (QED) is 0.376. The van der Waals surface area contributed by atoms with Gasteiger partial charge in [0.05, 0.1) is 18.1 Å². The van der Waals surface area contributed by atoms with Crippen LogP contribution in [0.2, 0.25) is 0 Å². The fourth-order valence-corrected chi connectivity index (χ4v) is 7.09. The number of sulfonamides is 1. The van der Waals surface area contributed by atoms with Crippen LogP contribution in [0, 0.1) is 6.92 Å². The first kappa shape index (κ1) is 29.9. The highest BCUT2D eigenvalue weighted by atomic mass is 32.2. The van der Waals surface area contributed by atoms with Gasteiger partial charge in [-0.05, 0) is 61.6 Å². The standard InChI is InChI=1S/C33H39N3O5S/c1-25-11-13-27(14-12-25)31(32(37)34-29-9-5-6-10-29)36(20-19-26-7-3-2-4-8-26)33(38)28-15-17-30(18-16-28)42(39,40)35-21-23-41-24-22-35/h2-4,7-8,11-18,29,31H,5-6,9-10,19-24H2,1H3,(H,34,37)/t31-/m0/s1. The van der Waals surface area contributed by atoms with Crippen molar-refractivity contribution in [3.63, 3.8) is 0 Å². The van der Waals surface area contributed by atoms with E-state index in [-0.39, 0.29) is 22.8 Å². The Kier molecular flexibility index (Phi) is 9.72. The molecule has 0 bridgehead atoms. The van der Waals surface area contributed by atoms with Crippen LogP contribution in [0.25, 0.3) is 0 Å². The third-order valence-corrected chi connectivity index (χ3v) is 10.0. The second-order valence-electron chi connectivity index (χ2n) is 11.1. The van der Waals surface area contributed by atoms with Gasteiger partial charge >= 0.3 is 0 Å². The molecule has 1 heterocycles. The molecular weight excluding hydrogens is 550 g/mol. The second kappa shape index (κ2) is 13.6. The number of hydrogen-bond donors (Lipinski definition) is 1. The summed E-state index contributed by atoms with van der Waals surface area (Å²) in [4.78, 5) is 29.9. The highest BCUT2D eigenvalue weighted by Gasteiger charge is 2.34. The summed E-state index contributed by atoms with van der Waals surface area (Å²) in [6.07, 6.45) is 4.59. The number of nitrogens with zero attached hydrogens (tertiary/aromatic N) is 2. The van der Waals surface area contributed by atoms with Gasteiger partial charge in [-0.3, -0.25) is 9.59 Å².